The number of fused-ring (bicyclic) bond motifs is 1. The molecule has 0 spiro atoms. The molecule has 2 fully saturated rings. The lowest BCUT2D eigenvalue weighted by Crippen LogP contribution is -2.52. The van der Waals surface area contributed by atoms with Gasteiger partial charge in [-0.05, 0) is 18.2 Å². The van der Waals surface area contributed by atoms with Gasteiger partial charge in [-0.25, -0.2) is 4.79 Å². The highest BCUT2D eigenvalue weighted by Crippen LogP contribution is 2.27. The Morgan fingerprint density at radius 2 is 2.26 bits per heavy atom. The first-order valence-electron chi connectivity index (χ1n) is 6.38. The number of aliphatic hydroxyl groups is 1. The molecule has 6 heteroatoms. The summed E-state index contributed by atoms with van der Waals surface area (Å²) >= 11 is 5.95. The smallest absolute Gasteiger partial charge is 0.317 e. The molecule has 1 aromatic carbocycles. The summed E-state index contributed by atoms with van der Waals surface area (Å²) in [4.78, 5) is 15.6. The molecule has 0 bridgehead atoms. The summed E-state index contributed by atoms with van der Waals surface area (Å²) < 4.78 is 0. The summed E-state index contributed by atoms with van der Waals surface area (Å²) in [5.41, 5.74) is 1.84. The minimum atomic E-state index is -0.0298. The van der Waals surface area contributed by atoms with E-state index in [1.807, 2.05) is 17.0 Å². The number of carbonyl (C=O) groups is 1. The highest BCUT2D eigenvalue weighted by atomic mass is 35.5. The van der Waals surface area contributed by atoms with Crippen molar-refractivity contribution in [3.63, 3.8) is 0 Å². The van der Waals surface area contributed by atoms with Crippen LogP contribution in [0.4, 0.5) is 10.5 Å². The summed E-state index contributed by atoms with van der Waals surface area (Å²) in [6.45, 7) is 2.94. The largest absolute Gasteiger partial charge is 0.392 e. The zero-order valence-corrected chi connectivity index (χ0v) is 11.2. The maximum absolute atomic E-state index is 11.6. The van der Waals surface area contributed by atoms with E-state index < -0.39 is 0 Å². The van der Waals surface area contributed by atoms with Gasteiger partial charge in [0.15, 0.2) is 0 Å². The van der Waals surface area contributed by atoms with Crippen molar-refractivity contribution < 1.29 is 9.90 Å². The van der Waals surface area contributed by atoms with Crippen LogP contribution in [0, 0.1) is 0 Å². The molecule has 0 radical (unpaired) electrons. The van der Waals surface area contributed by atoms with Crippen molar-refractivity contribution in [3.8, 4) is 0 Å². The number of urea groups is 1. The number of carbonyl (C=O) groups excluding carboxylic acids is 1. The van der Waals surface area contributed by atoms with Gasteiger partial charge < -0.3 is 20.2 Å². The number of benzene rings is 1. The second kappa shape index (κ2) is 4.90. The van der Waals surface area contributed by atoms with Crippen molar-refractivity contribution >= 4 is 23.3 Å². The first-order valence-corrected chi connectivity index (χ1v) is 6.75. The number of hydrogen-bond donors (Lipinski definition) is 2. The van der Waals surface area contributed by atoms with E-state index in [9.17, 15) is 9.90 Å². The number of amides is 2. The lowest BCUT2D eigenvalue weighted by molar-refractivity contribution is 0.197. The number of hydrogen-bond acceptors (Lipinski definition) is 3. The fraction of sp³-hybridized carbons (Fsp3) is 0.462. The summed E-state index contributed by atoms with van der Waals surface area (Å²) in [5.74, 6) is 0. The fourth-order valence-electron chi connectivity index (χ4n) is 2.81. The van der Waals surface area contributed by atoms with E-state index in [-0.39, 0.29) is 18.7 Å². The molecule has 3 rings (SSSR count). The van der Waals surface area contributed by atoms with E-state index in [1.165, 1.54) is 0 Å². The number of aliphatic hydroxyl groups excluding tert-OH is 1. The minimum absolute atomic E-state index is 0.0298. The summed E-state index contributed by atoms with van der Waals surface area (Å²) in [6.07, 6.45) is 0. The van der Waals surface area contributed by atoms with Crippen LogP contribution in [0.5, 0.6) is 0 Å². The Balaban J connectivity index is 1.82. The van der Waals surface area contributed by atoms with Gasteiger partial charge in [-0.3, -0.25) is 0 Å². The van der Waals surface area contributed by atoms with Crippen LogP contribution in [0.2, 0.25) is 5.02 Å². The van der Waals surface area contributed by atoms with Crippen LogP contribution >= 0.6 is 11.6 Å². The van der Waals surface area contributed by atoms with Gasteiger partial charge in [-0.1, -0.05) is 11.6 Å². The number of rotatable bonds is 2. The molecule has 5 nitrogen and oxygen atoms in total. The van der Waals surface area contributed by atoms with E-state index >= 15 is 0 Å². The van der Waals surface area contributed by atoms with Crippen LogP contribution in [0.3, 0.4) is 0 Å². The Morgan fingerprint density at radius 3 is 3.05 bits per heavy atom. The van der Waals surface area contributed by atoms with Crippen molar-refractivity contribution in [1.82, 2.24) is 10.2 Å². The van der Waals surface area contributed by atoms with E-state index in [2.05, 4.69) is 10.2 Å². The third-order valence-electron chi connectivity index (χ3n) is 3.79. The lowest BCUT2D eigenvalue weighted by atomic mass is 10.1. The SMILES string of the molecule is O=C1NCC2CN(c3ccc(Cl)cc3CO)CCN12. The first-order chi connectivity index (χ1) is 9.19. The highest BCUT2D eigenvalue weighted by Gasteiger charge is 2.35. The maximum Gasteiger partial charge on any atom is 0.317 e. The highest BCUT2D eigenvalue weighted by molar-refractivity contribution is 6.30. The van der Waals surface area contributed by atoms with Crippen molar-refractivity contribution in [1.29, 1.82) is 0 Å². The molecule has 2 amide bonds. The van der Waals surface area contributed by atoms with Crippen LogP contribution in [-0.4, -0.2) is 48.3 Å². The molecule has 2 saturated heterocycles. The topological polar surface area (TPSA) is 55.8 Å². The zero-order chi connectivity index (χ0) is 13.4. The third kappa shape index (κ3) is 2.24. The molecule has 0 saturated carbocycles. The quantitative estimate of drug-likeness (QED) is 0.852. The summed E-state index contributed by atoms with van der Waals surface area (Å²) in [6, 6.07) is 5.81. The van der Waals surface area contributed by atoms with E-state index in [0.717, 1.165) is 24.3 Å². The second-order valence-corrected chi connectivity index (χ2v) is 5.35. The Labute approximate surface area is 116 Å². The molecule has 102 valence electrons. The molecule has 2 aliphatic heterocycles. The molecule has 1 atom stereocenters. The average Bonchev–Trinajstić information content (AvgIpc) is 2.79. The normalized spacial score (nSPS) is 22.4. The van der Waals surface area contributed by atoms with E-state index in [4.69, 9.17) is 11.6 Å². The van der Waals surface area contributed by atoms with Gasteiger partial charge in [0.2, 0.25) is 0 Å². The van der Waals surface area contributed by atoms with Crippen LogP contribution in [0.1, 0.15) is 5.56 Å². The average molecular weight is 282 g/mol. The fourth-order valence-corrected chi connectivity index (χ4v) is 3.01. The maximum atomic E-state index is 11.6. The number of nitrogens with one attached hydrogen (secondary N) is 1. The van der Waals surface area contributed by atoms with E-state index in [1.54, 1.807) is 6.07 Å². The molecular formula is C13H16ClN3O2. The molecule has 2 heterocycles. The van der Waals surface area contributed by atoms with E-state index in [0.29, 0.717) is 18.1 Å². The Hall–Kier alpha value is -1.46. The molecule has 19 heavy (non-hydrogen) atoms. The number of anilines is 1. The number of piperazine rings is 1. The summed E-state index contributed by atoms with van der Waals surface area (Å²) in [5, 5.41) is 12.9. The van der Waals surface area contributed by atoms with Gasteiger partial charge in [-0.15, -0.1) is 0 Å². The van der Waals surface area contributed by atoms with Crippen LogP contribution < -0.4 is 10.2 Å². The van der Waals surface area contributed by atoms with Crippen molar-refractivity contribution in [3.05, 3.63) is 28.8 Å². The zero-order valence-electron chi connectivity index (χ0n) is 10.5. The molecule has 1 aromatic rings. The molecule has 0 aromatic heterocycles. The second-order valence-electron chi connectivity index (χ2n) is 4.91. The van der Waals surface area contributed by atoms with Crippen LogP contribution in [-0.2, 0) is 6.61 Å². The van der Waals surface area contributed by atoms with Crippen molar-refractivity contribution in [2.24, 2.45) is 0 Å². The van der Waals surface area contributed by atoms with Crippen LogP contribution in [0.15, 0.2) is 18.2 Å². The van der Waals surface area contributed by atoms with Gasteiger partial charge in [0.25, 0.3) is 0 Å². The van der Waals surface area contributed by atoms with Crippen LogP contribution in [0.25, 0.3) is 0 Å². The summed E-state index contributed by atoms with van der Waals surface area (Å²) in [7, 11) is 0. The minimum Gasteiger partial charge on any atom is -0.392 e. The Bertz CT molecular complexity index is 509. The van der Waals surface area contributed by atoms with Gasteiger partial charge in [0.1, 0.15) is 0 Å². The number of halogens is 1. The first kappa shape index (κ1) is 12.6. The molecule has 2 N–H and O–H groups in total. The molecule has 0 aliphatic carbocycles. The van der Waals surface area contributed by atoms with Crippen molar-refractivity contribution in [2.75, 3.05) is 31.1 Å². The predicted octanol–water partition coefficient (Wildman–Crippen LogP) is 1.05. The molecule has 2 aliphatic rings. The molecule has 1 unspecified atom stereocenters. The van der Waals surface area contributed by atoms with Gasteiger partial charge in [0, 0.05) is 42.5 Å². The standard InChI is InChI=1S/C13H16ClN3O2/c14-10-1-2-12(9(5-10)8-18)16-3-4-17-11(7-16)6-15-13(17)19/h1-2,5,11,18H,3-4,6-8H2,(H,15,19). The monoisotopic (exact) mass is 281 g/mol. The van der Waals surface area contributed by atoms with Gasteiger partial charge in [-0.2, -0.15) is 0 Å². The predicted molar refractivity (Wildman–Crippen MR) is 73.5 cm³/mol. The third-order valence-corrected chi connectivity index (χ3v) is 4.02. The number of nitrogens with zero attached hydrogens (tertiary/aromatic N) is 2. The Kier molecular flexibility index (Phi) is 3.24. The molecular weight excluding hydrogens is 266 g/mol. The van der Waals surface area contributed by atoms with Gasteiger partial charge >= 0.3 is 6.03 Å². The van der Waals surface area contributed by atoms with Gasteiger partial charge in [0.05, 0.1) is 12.6 Å². The van der Waals surface area contributed by atoms with Crippen molar-refractivity contribution in [2.45, 2.75) is 12.6 Å². The lowest BCUT2D eigenvalue weighted by Gasteiger charge is -2.38. The Morgan fingerprint density at radius 1 is 1.42 bits per heavy atom.